The predicted molar refractivity (Wildman–Crippen MR) is 83.5 cm³/mol. The Morgan fingerprint density at radius 1 is 1.38 bits per heavy atom. The molecular formula is C15H18ClN3O2. The van der Waals surface area contributed by atoms with E-state index in [0.29, 0.717) is 23.7 Å². The summed E-state index contributed by atoms with van der Waals surface area (Å²) in [6, 6.07) is 10.3. The van der Waals surface area contributed by atoms with Crippen LogP contribution in [0.5, 0.6) is 0 Å². The Balaban J connectivity index is 1.76. The van der Waals surface area contributed by atoms with E-state index in [2.05, 4.69) is 10.6 Å². The Hall–Kier alpha value is -1.98. The first-order valence-electron chi connectivity index (χ1n) is 6.66. The van der Waals surface area contributed by atoms with Gasteiger partial charge in [0, 0.05) is 36.2 Å². The van der Waals surface area contributed by atoms with Crippen LogP contribution in [0.25, 0.3) is 0 Å². The van der Waals surface area contributed by atoms with Crippen LogP contribution < -0.4 is 10.6 Å². The highest BCUT2D eigenvalue weighted by Gasteiger charge is 2.10. The highest BCUT2D eigenvalue weighted by molar-refractivity contribution is 6.30. The van der Waals surface area contributed by atoms with E-state index in [1.165, 1.54) is 0 Å². The lowest BCUT2D eigenvalue weighted by atomic mass is 10.2. The van der Waals surface area contributed by atoms with Crippen LogP contribution in [0.2, 0.25) is 5.02 Å². The van der Waals surface area contributed by atoms with Crippen LogP contribution in [0, 0.1) is 0 Å². The fourth-order valence-corrected chi connectivity index (χ4v) is 2.22. The van der Waals surface area contributed by atoms with Crippen LogP contribution >= 0.6 is 11.6 Å². The normalized spacial score (nSPS) is 12.0. The maximum atomic E-state index is 11.7. The minimum absolute atomic E-state index is 0.323. The monoisotopic (exact) mass is 307 g/mol. The molecule has 112 valence electrons. The number of hydrogen-bond donors (Lipinski definition) is 3. The van der Waals surface area contributed by atoms with Crippen molar-refractivity contribution in [1.29, 1.82) is 0 Å². The molecule has 2 rings (SSSR count). The Kier molecular flexibility index (Phi) is 5.25. The standard InChI is InChI=1S/C15H18ClN3O2/c1-19-9-3-6-13(19)14(20)7-8-17-15(21)18-12-5-2-4-11(16)10-12/h2-6,9-10,14,20H,7-8H2,1H3,(H2,17,18,21). The highest BCUT2D eigenvalue weighted by atomic mass is 35.5. The number of rotatable bonds is 5. The molecule has 0 radical (unpaired) electrons. The molecule has 5 nitrogen and oxygen atoms in total. The zero-order valence-electron chi connectivity index (χ0n) is 11.7. The van der Waals surface area contributed by atoms with Gasteiger partial charge >= 0.3 is 6.03 Å². The first-order valence-corrected chi connectivity index (χ1v) is 7.04. The number of amides is 2. The van der Waals surface area contributed by atoms with Gasteiger partial charge < -0.3 is 20.3 Å². The average Bonchev–Trinajstić information content (AvgIpc) is 2.85. The van der Waals surface area contributed by atoms with E-state index in [-0.39, 0.29) is 6.03 Å². The fourth-order valence-electron chi connectivity index (χ4n) is 2.03. The van der Waals surface area contributed by atoms with Gasteiger partial charge in [0.05, 0.1) is 6.10 Å². The molecule has 1 unspecified atom stereocenters. The molecule has 1 heterocycles. The first kappa shape index (κ1) is 15.4. The third kappa shape index (κ3) is 4.51. The summed E-state index contributed by atoms with van der Waals surface area (Å²) in [6.07, 6.45) is 1.72. The second kappa shape index (κ2) is 7.15. The van der Waals surface area contributed by atoms with Crippen molar-refractivity contribution in [2.24, 2.45) is 7.05 Å². The maximum Gasteiger partial charge on any atom is 0.319 e. The Bertz CT molecular complexity index is 612. The lowest BCUT2D eigenvalue weighted by molar-refractivity contribution is 0.159. The summed E-state index contributed by atoms with van der Waals surface area (Å²) in [5.41, 5.74) is 1.45. The molecule has 1 atom stereocenters. The summed E-state index contributed by atoms with van der Waals surface area (Å²) in [7, 11) is 1.87. The SMILES string of the molecule is Cn1cccc1C(O)CCNC(=O)Nc1cccc(Cl)c1. The summed E-state index contributed by atoms with van der Waals surface area (Å²) in [4.78, 5) is 11.7. The minimum Gasteiger partial charge on any atom is -0.387 e. The van der Waals surface area contributed by atoms with Crippen molar-refractivity contribution in [3.8, 4) is 0 Å². The molecule has 2 aromatic rings. The number of aromatic nitrogens is 1. The number of hydrogen-bond acceptors (Lipinski definition) is 2. The predicted octanol–water partition coefficient (Wildman–Crippen LogP) is 2.92. The van der Waals surface area contributed by atoms with Crippen LogP contribution in [0.1, 0.15) is 18.2 Å². The highest BCUT2D eigenvalue weighted by Crippen LogP contribution is 2.16. The lowest BCUT2D eigenvalue weighted by Gasteiger charge is -2.13. The van der Waals surface area contributed by atoms with Crippen molar-refractivity contribution in [1.82, 2.24) is 9.88 Å². The van der Waals surface area contributed by atoms with E-state index < -0.39 is 6.10 Å². The number of nitrogens with zero attached hydrogens (tertiary/aromatic N) is 1. The average molecular weight is 308 g/mol. The molecule has 0 saturated heterocycles. The van der Waals surface area contributed by atoms with E-state index in [0.717, 1.165) is 5.69 Å². The van der Waals surface area contributed by atoms with E-state index in [4.69, 9.17) is 11.6 Å². The zero-order valence-corrected chi connectivity index (χ0v) is 12.5. The van der Waals surface area contributed by atoms with Gasteiger partial charge in [-0.1, -0.05) is 17.7 Å². The molecule has 1 aromatic carbocycles. The molecule has 0 saturated carbocycles. The van der Waals surface area contributed by atoms with Crippen molar-refractivity contribution in [2.75, 3.05) is 11.9 Å². The Morgan fingerprint density at radius 3 is 2.86 bits per heavy atom. The number of carbonyl (C=O) groups is 1. The van der Waals surface area contributed by atoms with Gasteiger partial charge in [-0.25, -0.2) is 4.79 Å². The van der Waals surface area contributed by atoms with Gasteiger partial charge in [-0.3, -0.25) is 0 Å². The fraction of sp³-hybridized carbons (Fsp3) is 0.267. The number of aryl methyl sites for hydroxylation is 1. The summed E-state index contributed by atoms with van der Waals surface area (Å²) in [5.74, 6) is 0. The molecule has 3 N–H and O–H groups in total. The van der Waals surface area contributed by atoms with Gasteiger partial charge in [0.15, 0.2) is 0 Å². The third-order valence-corrected chi connectivity index (χ3v) is 3.35. The van der Waals surface area contributed by atoms with E-state index in [9.17, 15) is 9.90 Å². The second-order valence-electron chi connectivity index (χ2n) is 4.74. The molecule has 0 spiro atoms. The largest absolute Gasteiger partial charge is 0.387 e. The number of nitrogens with one attached hydrogen (secondary N) is 2. The molecule has 2 amide bonds. The van der Waals surface area contributed by atoms with E-state index in [1.807, 2.05) is 29.9 Å². The minimum atomic E-state index is -0.600. The van der Waals surface area contributed by atoms with Crippen molar-refractivity contribution in [3.05, 3.63) is 53.3 Å². The Morgan fingerprint density at radius 2 is 2.19 bits per heavy atom. The number of benzene rings is 1. The molecule has 0 bridgehead atoms. The third-order valence-electron chi connectivity index (χ3n) is 3.11. The quantitative estimate of drug-likeness (QED) is 0.795. The summed E-state index contributed by atoms with van der Waals surface area (Å²) in [6.45, 7) is 0.374. The van der Waals surface area contributed by atoms with Crippen molar-refractivity contribution >= 4 is 23.3 Å². The van der Waals surface area contributed by atoms with Crippen LogP contribution in [-0.2, 0) is 7.05 Å². The topological polar surface area (TPSA) is 66.3 Å². The van der Waals surface area contributed by atoms with Crippen molar-refractivity contribution in [2.45, 2.75) is 12.5 Å². The molecule has 0 aliphatic carbocycles. The molecule has 0 aliphatic rings. The van der Waals surface area contributed by atoms with E-state index in [1.54, 1.807) is 24.3 Å². The van der Waals surface area contributed by atoms with Gasteiger partial charge in [0.25, 0.3) is 0 Å². The van der Waals surface area contributed by atoms with Gasteiger partial charge in [-0.2, -0.15) is 0 Å². The molecule has 21 heavy (non-hydrogen) atoms. The molecular weight excluding hydrogens is 290 g/mol. The van der Waals surface area contributed by atoms with Crippen LogP contribution in [0.15, 0.2) is 42.6 Å². The number of anilines is 1. The van der Waals surface area contributed by atoms with Gasteiger partial charge in [0.2, 0.25) is 0 Å². The van der Waals surface area contributed by atoms with Gasteiger partial charge in [-0.15, -0.1) is 0 Å². The van der Waals surface area contributed by atoms with Crippen LogP contribution in [0.3, 0.4) is 0 Å². The zero-order chi connectivity index (χ0) is 15.2. The first-order chi connectivity index (χ1) is 10.1. The summed E-state index contributed by atoms with van der Waals surface area (Å²) < 4.78 is 1.86. The van der Waals surface area contributed by atoms with Crippen LogP contribution in [-0.4, -0.2) is 22.2 Å². The van der Waals surface area contributed by atoms with Gasteiger partial charge in [0.1, 0.15) is 0 Å². The van der Waals surface area contributed by atoms with E-state index >= 15 is 0 Å². The maximum absolute atomic E-state index is 11.7. The smallest absolute Gasteiger partial charge is 0.319 e. The van der Waals surface area contributed by atoms with Gasteiger partial charge in [-0.05, 0) is 36.8 Å². The number of urea groups is 1. The summed E-state index contributed by atoms with van der Waals surface area (Å²) in [5, 5.41) is 16.0. The van der Waals surface area contributed by atoms with Crippen LogP contribution in [0.4, 0.5) is 10.5 Å². The summed E-state index contributed by atoms with van der Waals surface area (Å²) >= 11 is 5.84. The number of carbonyl (C=O) groups excluding carboxylic acids is 1. The number of aliphatic hydroxyl groups excluding tert-OH is 1. The van der Waals surface area contributed by atoms with Crippen molar-refractivity contribution < 1.29 is 9.90 Å². The second-order valence-corrected chi connectivity index (χ2v) is 5.18. The molecule has 6 heteroatoms. The number of halogens is 1. The van der Waals surface area contributed by atoms with Crippen molar-refractivity contribution in [3.63, 3.8) is 0 Å². The molecule has 0 aliphatic heterocycles. The Labute approximate surface area is 128 Å². The lowest BCUT2D eigenvalue weighted by Crippen LogP contribution is -2.30. The number of aliphatic hydroxyl groups is 1. The molecule has 1 aromatic heterocycles. The molecule has 0 fully saturated rings.